The zero-order valence-electron chi connectivity index (χ0n) is 9.06. The summed E-state index contributed by atoms with van der Waals surface area (Å²) < 4.78 is 5.39. The van der Waals surface area contributed by atoms with Gasteiger partial charge < -0.3 is 4.74 Å². The van der Waals surface area contributed by atoms with Gasteiger partial charge in [0, 0.05) is 12.0 Å². The molecule has 0 amide bonds. The van der Waals surface area contributed by atoms with Crippen molar-refractivity contribution in [3.63, 3.8) is 0 Å². The molecule has 2 aliphatic carbocycles. The fourth-order valence-electron chi connectivity index (χ4n) is 3.13. The molecule has 0 saturated heterocycles. The topological polar surface area (TPSA) is 26.3 Å². The second-order valence-corrected chi connectivity index (χ2v) is 4.58. The van der Waals surface area contributed by atoms with Gasteiger partial charge in [0.05, 0.1) is 0 Å². The first-order valence-corrected chi connectivity index (χ1v) is 5.71. The number of fused-ring (bicyclic) bond motifs is 5. The molecule has 0 unspecified atom stereocenters. The van der Waals surface area contributed by atoms with Gasteiger partial charge in [-0.2, -0.15) is 0 Å². The Morgan fingerprint density at radius 2 is 2.06 bits per heavy atom. The molecule has 0 spiro atoms. The van der Waals surface area contributed by atoms with Crippen molar-refractivity contribution in [1.29, 1.82) is 0 Å². The molecule has 2 nitrogen and oxygen atoms in total. The number of esters is 1. The minimum Gasteiger partial charge on any atom is -0.459 e. The normalized spacial score (nSPS) is 29.9. The molecular weight excluding hydrogens is 200 g/mol. The molecule has 0 aliphatic heterocycles. The lowest BCUT2D eigenvalue weighted by atomic mass is 9.90. The Hall–Kier alpha value is -1.57. The summed E-state index contributed by atoms with van der Waals surface area (Å²) >= 11 is 0. The summed E-state index contributed by atoms with van der Waals surface area (Å²) in [6.45, 7) is 3.43. The Bertz CT molecular complexity index is 450. The first-order valence-electron chi connectivity index (χ1n) is 5.71. The molecule has 1 saturated carbocycles. The molecule has 0 aromatic heterocycles. The van der Waals surface area contributed by atoms with Gasteiger partial charge in [-0.1, -0.05) is 30.8 Å². The number of carbonyl (C=O) groups excluding carboxylic acids is 1. The van der Waals surface area contributed by atoms with Crippen LogP contribution in [0.1, 0.15) is 35.8 Å². The molecule has 3 rings (SSSR count). The quantitative estimate of drug-likeness (QED) is 0.559. The molecule has 0 radical (unpaired) electrons. The highest BCUT2D eigenvalue weighted by Gasteiger charge is 2.45. The van der Waals surface area contributed by atoms with E-state index in [1.54, 1.807) is 0 Å². The van der Waals surface area contributed by atoms with Gasteiger partial charge in [-0.3, -0.25) is 0 Å². The first-order chi connectivity index (χ1) is 7.79. The van der Waals surface area contributed by atoms with Crippen molar-refractivity contribution < 1.29 is 9.53 Å². The van der Waals surface area contributed by atoms with Crippen molar-refractivity contribution in [3.8, 4) is 0 Å². The van der Waals surface area contributed by atoms with E-state index < -0.39 is 0 Å². The Balaban J connectivity index is 1.86. The Kier molecular flexibility index (Phi) is 2.10. The monoisotopic (exact) mass is 214 g/mol. The number of hydrogen-bond acceptors (Lipinski definition) is 2. The fraction of sp³-hybridized carbons (Fsp3) is 0.357. The van der Waals surface area contributed by atoms with Gasteiger partial charge in [0.15, 0.2) is 0 Å². The van der Waals surface area contributed by atoms with Crippen molar-refractivity contribution in [3.05, 3.63) is 48.0 Å². The largest absolute Gasteiger partial charge is 0.459 e. The van der Waals surface area contributed by atoms with Crippen molar-refractivity contribution in [2.45, 2.75) is 30.8 Å². The van der Waals surface area contributed by atoms with Gasteiger partial charge in [0.2, 0.25) is 0 Å². The predicted octanol–water partition coefficient (Wildman–Crippen LogP) is 2.76. The van der Waals surface area contributed by atoms with E-state index in [-0.39, 0.29) is 12.1 Å². The van der Waals surface area contributed by atoms with E-state index in [9.17, 15) is 4.79 Å². The van der Waals surface area contributed by atoms with Gasteiger partial charge in [0.1, 0.15) is 6.10 Å². The Labute approximate surface area is 94.9 Å². The molecule has 16 heavy (non-hydrogen) atoms. The van der Waals surface area contributed by atoms with E-state index in [0.717, 1.165) is 12.8 Å². The Morgan fingerprint density at radius 3 is 2.81 bits per heavy atom. The summed E-state index contributed by atoms with van der Waals surface area (Å²) in [5, 5.41) is 0. The highest BCUT2D eigenvalue weighted by Crippen LogP contribution is 2.53. The zero-order valence-corrected chi connectivity index (χ0v) is 9.06. The minimum absolute atomic E-state index is 0.0606. The fourth-order valence-corrected chi connectivity index (χ4v) is 3.13. The van der Waals surface area contributed by atoms with Crippen LogP contribution in [0.25, 0.3) is 0 Å². The Morgan fingerprint density at radius 1 is 1.31 bits per heavy atom. The maximum atomic E-state index is 11.2. The van der Waals surface area contributed by atoms with Crippen LogP contribution in [0.3, 0.4) is 0 Å². The van der Waals surface area contributed by atoms with E-state index in [1.807, 2.05) is 0 Å². The lowest BCUT2D eigenvalue weighted by Gasteiger charge is -2.23. The third-order valence-corrected chi connectivity index (χ3v) is 3.77. The van der Waals surface area contributed by atoms with Gasteiger partial charge in [-0.05, 0) is 29.9 Å². The maximum absolute atomic E-state index is 11.2. The third-order valence-electron chi connectivity index (χ3n) is 3.77. The summed E-state index contributed by atoms with van der Waals surface area (Å²) in [6.07, 6.45) is 3.42. The molecule has 82 valence electrons. The summed E-state index contributed by atoms with van der Waals surface area (Å²) in [5.41, 5.74) is 2.83. The summed E-state index contributed by atoms with van der Waals surface area (Å²) in [7, 11) is 0. The van der Waals surface area contributed by atoms with Crippen molar-refractivity contribution in [2.75, 3.05) is 0 Å². The van der Waals surface area contributed by atoms with Crippen molar-refractivity contribution in [1.82, 2.24) is 0 Å². The lowest BCUT2D eigenvalue weighted by Crippen LogP contribution is -2.22. The number of hydrogen-bond donors (Lipinski definition) is 0. The summed E-state index contributed by atoms with van der Waals surface area (Å²) in [5.74, 6) is 0.698. The lowest BCUT2D eigenvalue weighted by molar-refractivity contribution is -0.143. The predicted molar refractivity (Wildman–Crippen MR) is 61.2 cm³/mol. The molecular formula is C14H14O2. The molecule has 2 aliphatic rings. The molecule has 3 atom stereocenters. The van der Waals surface area contributed by atoms with E-state index in [4.69, 9.17) is 4.74 Å². The van der Waals surface area contributed by atoms with Crippen LogP contribution >= 0.6 is 0 Å². The maximum Gasteiger partial charge on any atom is 0.330 e. The zero-order chi connectivity index (χ0) is 11.1. The van der Waals surface area contributed by atoms with Crippen LogP contribution in [-0.4, -0.2) is 12.1 Å². The van der Waals surface area contributed by atoms with Crippen LogP contribution in [-0.2, 0) is 9.53 Å². The smallest absolute Gasteiger partial charge is 0.330 e. The van der Waals surface area contributed by atoms with Gasteiger partial charge in [0.25, 0.3) is 0 Å². The second kappa shape index (κ2) is 3.48. The van der Waals surface area contributed by atoms with Crippen molar-refractivity contribution in [2.24, 2.45) is 0 Å². The summed E-state index contributed by atoms with van der Waals surface area (Å²) in [6, 6.07) is 8.51. The van der Waals surface area contributed by atoms with Crippen LogP contribution in [0.2, 0.25) is 0 Å². The van der Waals surface area contributed by atoms with Crippen LogP contribution in [0.4, 0.5) is 0 Å². The minimum atomic E-state index is -0.296. The molecule has 2 heteroatoms. The van der Waals surface area contributed by atoms with Gasteiger partial charge >= 0.3 is 5.97 Å². The molecule has 0 N–H and O–H groups in total. The number of rotatable bonds is 2. The average Bonchev–Trinajstić information content (AvgIpc) is 2.87. The van der Waals surface area contributed by atoms with Gasteiger partial charge in [-0.15, -0.1) is 0 Å². The molecule has 1 aromatic carbocycles. The average molecular weight is 214 g/mol. The molecule has 1 aromatic rings. The summed E-state index contributed by atoms with van der Waals surface area (Å²) in [4.78, 5) is 11.2. The molecule has 2 bridgehead atoms. The second-order valence-electron chi connectivity index (χ2n) is 4.58. The van der Waals surface area contributed by atoms with Crippen LogP contribution in [0, 0.1) is 0 Å². The standard InChI is InChI=1S/C14H14O2/c1-2-14(15)16-13-8-9-7-12(13)11-6-4-3-5-10(9)11/h2-6,9,12-13H,1,7-8H2/t9-,12-,13-/m1/s1. The van der Waals surface area contributed by atoms with Crippen molar-refractivity contribution >= 4 is 5.97 Å². The third kappa shape index (κ3) is 1.29. The highest BCUT2D eigenvalue weighted by molar-refractivity contribution is 5.81. The number of carbonyl (C=O) groups is 1. The van der Waals surface area contributed by atoms with Crippen LogP contribution < -0.4 is 0 Å². The van der Waals surface area contributed by atoms with E-state index in [1.165, 1.54) is 17.2 Å². The van der Waals surface area contributed by atoms with Crippen LogP contribution in [0.15, 0.2) is 36.9 Å². The van der Waals surface area contributed by atoms with Gasteiger partial charge in [-0.25, -0.2) is 4.79 Å². The molecule has 0 heterocycles. The first kappa shape index (κ1) is 9.64. The van der Waals surface area contributed by atoms with E-state index in [0.29, 0.717) is 11.8 Å². The number of ether oxygens (including phenoxy) is 1. The SMILES string of the molecule is C=CC(=O)O[C@@H]1C[C@H]2C[C@@H]1c1ccccc12. The number of benzene rings is 1. The highest BCUT2D eigenvalue weighted by atomic mass is 16.5. The van der Waals surface area contributed by atoms with E-state index in [2.05, 4.69) is 30.8 Å². The van der Waals surface area contributed by atoms with E-state index >= 15 is 0 Å². The van der Waals surface area contributed by atoms with Crippen LogP contribution in [0.5, 0.6) is 0 Å². The molecule has 1 fully saturated rings.